The molecule has 8 rings (SSSR count). The van der Waals surface area contributed by atoms with E-state index in [4.69, 9.17) is 19.4 Å². The number of benzene rings is 2. The van der Waals surface area contributed by atoms with Gasteiger partial charge in [0.05, 0.1) is 50.1 Å². The van der Waals surface area contributed by atoms with Crippen molar-refractivity contribution in [1.29, 1.82) is 0 Å². The van der Waals surface area contributed by atoms with Crippen LogP contribution in [-0.4, -0.2) is 105 Å². The van der Waals surface area contributed by atoms with Crippen LogP contribution in [-0.2, 0) is 19.1 Å². The summed E-state index contributed by atoms with van der Waals surface area (Å²) in [5.74, 6) is 1.18. The first-order valence-electron chi connectivity index (χ1n) is 20.5. The molecule has 2 unspecified atom stereocenters. The summed E-state index contributed by atoms with van der Waals surface area (Å²) < 4.78 is 9.42. The number of aromatic amines is 2. The lowest BCUT2D eigenvalue weighted by molar-refractivity contribution is -0.137. The number of amides is 4. The third-order valence-electron chi connectivity index (χ3n) is 12.6. The maximum atomic E-state index is 13.5. The monoisotopic (exact) mass is 791 g/mol. The van der Waals surface area contributed by atoms with E-state index < -0.39 is 24.3 Å². The number of carbonyl (C=O) groups excluding carboxylic acids is 4. The number of hydrogen-bond donors (Lipinski definition) is 4. The fourth-order valence-electron chi connectivity index (χ4n) is 9.65. The summed E-state index contributed by atoms with van der Waals surface area (Å²) in [4.78, 5) is 73.4. The predicted molar refractivity (Wildman–Crippen MR) is 216 cm³/mol. The summed E-state index contributed by atoms with van der Waals surface area (Å²) in [5.41, 5.74) is 9.01. The van der Waals surface area contributed by atoms with Crippen molar-refractivity contribution < 1.29 is 28.7 Å². The Kier molecular flexibility index (Phi) is 11.0. The van der Waals surface area contributed by atoms with Gasteiger partial charge >= 0.3 is 12.2 Å². The van der Waals surface area contributed by atoms with Gasteiger partial charge in [-0.1, -0.05) is 36.4 Å². The summed E-state index contributed by atoms with van der Waals surface area (Å²) in [6.45, 7) is 4.55. The van der Waals surface area contributed by atoms with E-state index in [2.05, 4.69) is 68.9 Å². The van der Waals surface area contributed by atoms with Crippen molar-refractivity contribution in [3.63, 3.8) is 0 Å². The van der Waals surface area contributed by atoms with Crippen LogP contribution in [0.15, 0.2) is 48.8 Å². The summed E-state index contributed by atoms with van der Waals surface area (Å²) in [6.07, 6.45) is 10.0. The van der Waals surface area contributed by atoms with E-state index in [1.54, 1.807) is 13.8 Å². The lowest BCUT2D eigenvalue weighted by Gasteiger charge is -2.36. The van der Waals surface area contributed by atoms with Gasteiger partial charge in [0.1, 0.15) is 23.7 Å². The van der Waals surface area contributed by atoms with Gasteiger partial charge in [0.25, 0.3) is 0 Å². The Bertz CT molecular complexity index is 2180. The summed E-state index contributed by atoms with van der Waals surface area (Å²) in [5, 5.41) is 5.22. The molecule has 0 aliphatic carbocycles. The molecule has 2 aromatic carbocycles. The molecule has 3 fully saturated rings. The van der Waals surface area contributed by atoms with E-state index in [1.807, 2.05) is 22.2 Å². The molecule has 306 valence electrons. The van der Waals surface area contributed by atoms with Crippen LogP contribution in [0.25, 0.3) is 33.6 Å². The number of ether oxygens (including phenoxy) is 2. The van der Waals surface area contributed by atoms with Crippen LogP contribution in [0.4, 0.5) is 9.59 Å². The van der Waals surface area contributed by atoms with E-state index in [1.165, 1.54) is 30.9 Å². The lowest BCUT2D eigenvalue weighted by Crippen LogP contribution is -2.49. The second kappa shape index (κ2) is 16.3. The second-order valence-electron chi connectivity index (χ2n) is 16.0. The number of rotatable bonds is 9. The molecular formula is C43H53N9O6. The number of hydrogen-bond acceptors (Lipinski definition) is 9. The Morgan fingerprint density at radius 1 is 0.638 bits per heavy atom. The molecule has 6 heterocycles. The number of likely N-dealkylation sites (tertiary alicyclic amines) is 2. The number of nitrogens with zero attached hydrogens (tertiary/aromatic N) is 5. The van der Waals surface area contributed by atoms with E-state index in [0.717, 1.165) is 91.1 Å². The summed E-state index contributed by atoms with van der Waals surface area (Å²) in [6, 6.07) is 11.8. The van der Waals surface area contributed by atoms with E-state index >= 15 is 0 Å². The highest BCUT2D eigenvalue weighted by molar-refractivity contribution is 5.86. The number of aromatic nitrogens is 4. The Morgan fingerprint density at radius 3 is 1.64 bits per heavy atom. The topological polar surface area (TPSA) is 178 Å². The molecule has 6 atom stereocenters. The van der Waals surface area contributed by atoms with Crippen LogP contribution in [0.1, 0.15) is 112 Å². The fraction of sp³-hybridized carbons (Fsp3) is 0.488. The van der Waals surface area contributed by atoms with E-state index in [-0.39, 0.29) is 23.9 Å². The van der Waals surface area contributed by atoms with Gasteiger partial charge in [0.15, 0.2) is 0 Å². The summed E-state index contributed by atoms with van der Waals surface area (Å²) in [7, 11) is 4.79. The standard InChI is InChI=1S/C43H53N9O6/c1-24(46-42(55)57-4)40(53)51-20-8-6-10-34(51)38-44-22-30(48-38)27-14-12-26(13-15-27)28-16-17-29(37-33-19-18-32(36(28)37)50(33)3)31-23-45-39(49-31)35-11-7-9-21-52(35)41(54)25(2)47-43(56)58-5/h12-17,22-25,32-35H,6-11,18-21H2,1-5H3,(H,44,48)(H,45,49)(H,46,55)(H,47,56)/t24-,25-,32?,33?,34-,35-/m0/s1. The van der Waals surface area contributed by atoms with Gasteiger partial charge in [-0.3, -0.25) is 14.5 Å². The SMILES string of the molecule is COC(=O)N[C@@H](C)C(=O)N1CCCC[C@H]1c1ncc(-c2ccc(-c3ccc(-c4cnc([C@@H]5CCCCN5C(=O)[C@H](C)NC(=O)OC)[nH]4)c4c3C3CCC4N3C)cc2)[nH]1. The van der Waals surface area contributed by atoms with Crippen molar-refractivity contribution >= 4 is 24.0 Å². The minimum absolute atomic E-state index is 0.153. The summed E-state index contributed by atoms with van der Waals surface area (Å²) >= 11 is 0. The van der Waals surface area contributed by atoms with Crippen molar-refractivity contribution in [2.24, 2.45) is 0 Å². The number of nitrogens with one attached hydrogen (secondary N) is 4. The van der Waals surface area contributed by atoms with E-state index in [0.29, 0.717) is 25.2 Å². The molecule has 2 bridgehead atoms. The quantitative estimate of drug-likeness (QED) is 0.146. The van der Waals surface area contributed by atoms with Crippen molar-refractivity contribution in [3.05, 3.63) is 71.6 Å². The molecule has 0 radical (unpaired) electrons. The smallest absolute Gasteiger partial charge is 0.407 e. The van der Waals surface area contributed by atoms with Crippen LogP contribution >= 0.6 is 0 Å². The first-order chi connectivity index (χ1) is 28.1. The molecule has 3 saturated heterocycles. The van der Waals surface area contributed by atoms with Gasteiger partial charge in [0, 0.05) is 30.7 Å². The fourth-order valence-corrected chi connectivity index (χ4v) is 9.65. The zero-order valence-electron chi connectivity index (χ0n) is 33.8. The average molecular weight is 792 g/mol. The molecule has 15 heteroatoms. The van der Waals surface area contributed by atoms with Gasteiger partial charge < -0.3 is 39.9 Å². The predicted octanol–water partition coefficient (Wildman–Crippen LogP) is 6.55. The highest BCUT2D eigenvalue weighted by atomic mass is 16.5. The van der Waals surface area contributed by atoms with Crippen molar-refractivity contribution in [2.75, 3.05) is 34.4 Å². The third-order valence-corrected chi connectivity index (χ3v) is 12.6. The molecular weight excluding hydrogens is 739 g/mol. The Balaban J connectivity index is 1.03. The van der Waals surface area contributed by atoms with Crippen LogP contribution in [0.5, 0.6) is 0 Å². The molecule has 2 aromatic heterocycles. The van der Waals surface area contributed by atoms with Gasteiger partial charge in [-0.05, 0) is 100 Å². The first-order valence-corrected chi connectivity index (χ1v) is 20.5. The van der Waals surface area contributed by atoms with Gasteiger partial charge in [-0.2, -0.15) is 0 Å². The number of methoxy groups -OCH3 is 2. The zero-order valence-corrected chi connectivity index (χ0v) is 33.8. The highest BCUT2D eigenvalue weighted by Gasteiger charge is 2.45. The van der Waals surface area contributed by atoms with Crippen LogP contribution < -0.4 is 10.6 Å². The van der Waals surface area contributed by atoms with Gasteiger partial charge in [-0.15, -0.1) is 0 Å². The van der Waals surface area contributed by atoms with Crippen LogP contribution in [0.2, 0.25) is 0 Å². The van der Waals surface area contributed by atoms with E-state index in [9.17, 15) is 19.2 Å². The third kappa shape index (κ3) is 7.20. The van der Waals surface area contributed by atoms with Crippen LogP contribution in [0.3, 0.4) is 0 Å². The first kappa shape index (κ1) is 39.1. The Morgan fingerprint density at radius 2 is 1.10 bits per heavy atom. The molecule has 4 N–H and O–H groups in total. The second-order valence-corrected chi connectivity index (χ2v) is 16.0. The molecule has 4 aliphatic rings. The molecule has 4 aliphatic heterocycles. The van der Waals surface area contributed by atoms with Crippen LogP contribution in [0, 0.1) is 0 Å². The lowest BCUT2D eigenvalue weighted by atomic mass is 9.82. The number of H-pyrrole nitrogens is 2. The maximum Gasteiger partial charge on any atom is 0.407 e. The number of piperidine rings is 2. The molecule has 4 amide bonds. The normalized spacial score (nSPS) is 22.6. The van der Waals surface area contributed by atoms with Crippen molar-refractivity contribution in [3.8, 4) is 33.6 Å². The number of carbonyl (C=O) groups is 4. The average Bonchev–Trinajstić information content (AvgIpc) is 4.07. The minimum atomic E-state index is -0.715. The number of imidazole rings is 2. The van der Waals surface area contributed by atoms with Gasteiger partial charge in [-0.25, -0.2) is 19.6 Å². The molecule has 58 heavy (non-hydrogen) atoms. The van der Waals surface area contributed by atoms with Crippen molar-refractivity contribution in [2.45, 2.75) is 101 Å². The number of fused-ring (bicyclic) bond motifs is 5. The molecule has 0 spiro atoms. The zero-order chi connectivity index (χ0) is 40.7. The Hall–Kier alpha value is -5.70. The Labute approximate surface area is 338 Å². The minimum Gasteiger partial charge on any atom is -0.453 e. The molecule has 0 saturated carbocycles. The largest absolute Gasteiger partial charge is 0.453 e. The number of alkyl carbamates (subject to hydrolysis) is 2. The molecule has 4 aromatic rings. The highest BCUT2D eigenvalue weighted by Crippen LogP contribution is 2.57. The maximum absolute atomic E-state index is 13.5. The van der Waals surface area contributed by atoms with Gasteiger partial charge in [0.2, 0.25) is 11.8 Å². The van der Waals surface area contributed by atoms with Crippen molar-refractivity contribution in [1.82, 2.24) is 45.3 Å². The molecule has 15 nitrogen and oxygen atoms in total.